The lowest BCUT2D eigenvalue weighted by Gasteiger charge is -2.57. The van der Waals surface area contributed by atoms with Crippen LogP contribution in [0.2, 0.25) is 0 Å². The van der Waals surface area contributed by atoms with Crippen LogP contribution in [0.15, 0.2) is 35.9 Å². The van der Waals surface area contributed by atoms with E-state index in [1.54, 1.807) is 16.7 Å². The van der Waals surface area contributed by atoms with Crippen molar-refractivity contribution in [1.29, 1.82) is 0 Å². The molecule has 3 aliphatic carbocycles. The van der Waals surface area contributed by atoms with E-state index in [1.807, 2.05) is 0 Å². The Balaban J connectivity index is 1.54. The first-order valence-corrected chi connectivity index (χ1v) is 8.57. The van der Waals surface area contributed by atoms with Crippen LogP contribution in [0.3, 0.4) is 0 Å². The Morgan fingerprint density at radius 3 is 2.67 bits per heavy atom. The maximum atomic E-state index is 2.59. The van der Waals surface area contributed by atoms with Gasteiger partial charge in [-0.05, 0) is 41.2 Å². The Morgan fingerprint density at radius 1 is 1.19 bits per heavy atom. The van der Waals surface area contributed by atoms with Gasteiger partial charge in [-0.1, -0.05) is 44.2 Å². The van der Waals surface area contributed by atoms with Crippen molar-refractivity contribution in [3.05, 3.63) is 47.0 Å². The van der Waals surface area contributed by atoms with Gasteiger partial charge in [0.25, 0.3) is 0 Å². The molecule has 0 spiro atoms. The highest BCUT2D eigenvalue weighted by atomic mass is 15.3. The summed E-state index contributed by atoms with van der Waals surface area (Å²) in [5, 5.41) is 0. The van der Waals surface area contributed by atoms with Crippen LogP contribution < -0.4 is 0 Å². The first-order valence-electron chi connectivity index (χ1n) is 8.57. The van der Waals surface area contributed by atoms with Crippen molar-refractivity contribution in [3.8, 4) is 0 Å². The van der Waals surface area contributed by atoms with Crippen molar-refractivity contribution in [2.24, 2.45) is 17.3 Å². The van der Waals surface area contributed by atoms with Crippen molar-refractivity contribution in [1.82, 2.24) is 0 Å². The summed E-state index contributed by atoms with van der Waals surface area (Å²) in [5.74, 6) is 1.82. The number of nitrogens with zero attached hydrogens (tertiary/aromatic N) is 1. The number of benzene rings is 1. The fourth-order valence-electron chi connectivity index (χ4n) is 5.07. The third kappa shape index (κ3) is 2.09. The standard InChI is InChI=1S/C20H28N/c1-20(2)18-9-8-17(19(20)12-18)14-21(3)11-10-15-6-4-5-7-16(15)13-21/h4-8,18-19H,9-14H2,1-3H3/q+1/t18-,19-,21?/m0/s1. The lowest BCUT2D eigenvalue weighted by molar-refractivity contribution is -0.920. The third-order valence-electron chi connectivity index (χ3n) is 6.74. The molecule has 2 bridgehead atoms. The number of likely N-dealkylation sites (N-methyl/N-ethyl adjacent to an activating group) is 1. The first-order chi connectivity index (χ1) is 9.98. The summed E-state index contributed by atoms with van der Waals surface area (Å²) in [7, 11) is 2.47. The van der Waals surface area contributed by atoms with Gasteiger partial charge in [-0.3, -0.25) is 0 Å². The van der Waals surface area contributed by atoms with Crippen LogP contribution in [-0.4, -0.2) is 24.6 Å². The molecule has 1 aliphatic heterocycles. The van der Waals surface area contributed by atoms with E-state index in [1.165, 1.54) is 43.4 Å². The van der Waals surface area contributed by atoms with E-state index in [0.717, 1.165) is 11.8 Å². The van der Waals surface area contributed by atoms with Gasteiger partial charge >= 0.3 is 0 Å². The van der Waals surface area contributed by atoms with E-state index < -0.39 is 0 Å². The SMILES string of the molecule is CC1(C)[C@H]2CC=C(C[N+]3(C)CCc4ccccc4C3)[C@@H]1C2. The summed E-state index contributed by atoms with van der Waals surface area (Å²) in [6.07, 6.45) is 6.62. The summed E-state index contributed by atoms with van der Waals surface area (Å²) in [5.41, 5.74) is 5.49. The maximum absolute atomic E-state index is 2.59. The van der Waals surface area contributed by atoms with Crippen LogP contribution in [0.25, 0.3) is 0 Å². The molecule has 0 amide bonds. The van der Waals surface area contributed by atoms with Gasteiger partial charge in [0.1, 0.15) is 13.1 Å². The maximum Gasteiger partial charge on any atom is 0.105 e. The third-order valence-corrected chi connectivity index (χ3v) is 6.74. The number of hydrogen-bond acceptors (Lipinski definition) is 0. The zero-order valence-corrected chi connectivity index (χ0v) is 13.7. The molecule has 5 rings (SSSR count). The molecule has 4 aliphatic rings. The lowest BCUT2D eigenvalue weighted by Crippen LogP contribution is -2.54. The van der Waals surface area contributed by atoms with Crippen molar-refractivity contribution < 1.29 is 4.48 Å². The molecule has 0 aromatic heterocycles. The van der Waals surface area contributed by atoms with Crippen LogP contribution in [0.1, 0.15) is 37.8 Å². The summed E-state index contributed by atoms with van der Waals surface area (Å²) in [4.78, 5) is 0. The zero-order valence-electron chi connectivity index (χ0n) is 13.7. The molecule has 1 unspecified atom stereocenters. The smallest absolute Gasteiger partial charge is 0.105 e. The first kappa shape index (κ1) is 13.6. The molecule has 1 saturated carbocycles. The normalized spacial score (nSPS) is 36.4. The monoisotopic (exact) mass is 282 g/mol. The van der Waals surface area contributed by atoms with E-state index in [-0.39, 0.29) is 0 Å². The minimum absolute atomic E-state index is 0.566. The Labute approximate surface area is 129 Å². The molecule has 0 N–H and O–H groups in total. The molecule has 3 atom stereocenters. The second-order valence-corrected chi connectivity index (χ2v) is 8.50. The Hall–Kier alpha value is -1.08. The van der Waals surface area contributed by atoms with Gasteiger partial charge in [0.15, 0.2) is 0 Å². The minimum atomic E-state index is 0.566. The van der Waals surface area contributed by atoms with E-state index >= 15 is 0 Å². The van der Waals surface area contributed by atoms with Crippen LogP contribution >= 0.6 is 0 Å². The molecule has 21 heavy (non-hydrogen) atoms. The van der Waals surface area contributed by atoms with Crippen molar-refractivity contribution >= 4 is 0 Å². The van der Waals surface area contributed by atoms with Gasteiger partial charge in [-0.2, -0.15) is 0 Å². The highest BCUT2D eigenvalue weighted by molar-refractivity contribution is 5.28. The molecule has 1 nitrogen and oxygen atoms in total. The molecule has 0 saturated heterocycles. The topological polar surface area (TPSA) is 0 Å². The lowest BCUT2D eigenvalue weighted by atomic mass is 9.49. The predicted molar refractivity (Wildman–Crippen MR) is 87.8 cm³/mol. The molecule has 1 aromatic carbocycles. The number of hydrogen-bond donors (Lipinski definition) is 0. The molecular weight excluding hydrogens is 254 g/mol. The van der Waals surface area contributed by atoms with Gasteiger partial charge in [0.05, 0.1) is 13.6 Å². The van der Waals surface area contributed by atoms with Gasteiger partial charge in [-0.15, -0.1) is 0 Å². The second kappa shape index (κ2) is 4.46. The van der Waals surface area contributed by atoms with E-state index in [2.05, 4.69) is 51.2 Å². The highest BCUT2D eigenvalue weighted by Gasteiger charge is 2.52. The summed E-state index contributed by atoms with van der Waals surface area (Å²) in [6, 6.07) is 9.05. The molecule has 1 fully saturated rings. The fourth-order valence-corrected chi connectivity index (χ4v) is 5.07. The van der Waals surface area contributed by atoms with Crippen molar-refractivity contribution in [2.45, 2.75) is 39.7 Å². The zero-order chi connectivity index (χ0) is 14.7. The Kier molecular flexibility index (Phi) is 2.88. The second-order valence-electron chi connectivity index (χ2n) is 8.50. The molecular formula is C20H28N+. The van der Waals surface area contributed by atoms with E-state index in [4.69, 9.17) is 0 Å². The number of rotatable bonds is 2. The van der Waals surface area contributed by atoms with Crippen LogP contribution in [0.4, 0.5) is 0 Å². The molecule has 1 heteroatoms. The van der Waals surface area contributed by atoms with Crippen molar-refractivity contribution in [3.63, 3.8) is 0 Å². The van der Waals surface area contributed by atoms with E-state index in [0.29, 0.717) is 5.41 Å². The number of fused-ring (bicyclic) bond motifs is 2. The number of allylic oxidation sites excluding steroid dienone is 1. The molecule has 0 radical (unpaired) electrons. The molecule has 1 heterocycles. The number of quaternary nitrogens is 1. The Morgan fingerprint density at radius 2 is 1.95 bits per heavy atom. The van der Waals surface area contributed by atoms with Crippen molar-refractivity contribution in [2.75, 3.05) is 20.1 Å². The van der Waals surface area contributed by atoms with Gasteiger partial charge in [0.2, 0.25) is 0 Å². The summed E-state index contributed by atoms with van der Waals surface area (Å²) < 4.78 is 1.21. The average molecular weight is 282 g/mol. The largest absolute Gasteiger partial charge is 0.319 e. The van der Waals surface area contributed by atoms with E-state index in [9.17, 15) is 0 Å². The highest BCUT2D eigenvalue weighted by Crippen LogP contribution is 2.59. The summed E-state index contributed by atoms with van der Waals surface area (Å²) in [6.45, 7) is 8.76. The predicted octanol–water partition coefficient (Wildman–Crippen LogP) is 4.18. The minimum Gasteiger partial charge on any atom is -0.319 e. The average Bonchev–Trinajstić information content (AvgIpc) is 2.46. The summed E-state index contributed by atoms with van der Waals surface area (Å²) >= 11 is 0. The fraction of sp³-hybridized carbons (Fsp3) is 0.600. The van der Waals surface area contributed by atoms with Gasteiger partial charge in [-0.25, -0.2) is 0 Å². The van der Waals surface area contributed by atoms with Crippen LogP contribution in [0.5, 0.6) is 0 Å². The van der Waals surface area contributed by atoms with Gasteiger partial charge < -0.3 is 4.48 Å². The quantitative estimate of drug-likeness (QED) is 0.564. The van der Waals surface area contributed by atoms with Crippen LogP contribution in [-0.2, 0) is 13.0 Å². The molecule has 112 valence electrons. The molecule has 1 aromatic rings. The van der Waals surface area contributed by atoms with Crippen LogP contribution in [0, 0.1) is 17.3 Å². The Bertz CT molecular complexity index is 598. The van der Waals surface area contributed by atoms with Gasteiger partial charge in [0, 0.05) is 12.0 Å².